The topological polar surface area (TPSA) is 30.9 Å². The lowest BCUT2D eigenvalue weighted by Gasteiger charge is -2.34. The van der Waals surface area contributed by atoms with Crippen molar-refractivity contribution in [3.8, 4) is 0 Å². The van der Waals surface area contributed by atoms with Crippen LogP contribution >= 0.6 is 0 Å². The monoisotopic (exact) mass is 229 g/mol. The van der Waals surface area contributed by atoms with Crippen LogP contribution in [0.3, 0.4) is 0 Å². The Bertz CT molecular complexity index is 195. The third-order valence-corrected chi connectivity index (χ3v) is 3.33. The van der Waals surface area contributed by atoms with Crippen LogP contribution < -0.4 is 0 Å². The Hall–Kier alpha value is -0.160. The lowest BCUT2D eigenvalue weighted by atomic mass is 9.97. The van der Waals surface area contributed by atoms with Gasteiger partial charge in [-0.1, -0.05) is 0 Å². The smallest absolute Gasteiger partial charge is 0.161 e. The van der Waals surface area contributed by atoms with Gasteiger partial charge in [0, 0.05) is 25.6 Å². The van der Waals surface area contributed by atoms with Gasteiger partial charge in [-0.3, -0.25) is 0 Å². The van der Waals surface area contributed by atoms with Gasteiger partial charge >= 0.3 is 0 Å². The summed E-state index contributed by atoms with van der Waals surface area (Å²) in [4.78, 5) is 2.47. The maximum atomic E-state index is 5.59. The standard InChI is InChI=1S/C12H23NO3/c1-2-14-7-6-13-5-3-4-11(10-13)12-15-8-9-16-12/h11-12H,2-10H2,1H3/t11-/m0/s1. The number of hydrogen-bond acceptors (Lipinski definition) is 4. The maximum Gasteiger partial charge on any atom is 0.161 e. The highest BCUT2D eigenvalue weighted by molar-refractivity contribution is 4.76. The molecular formula is C12H23NO3. The number of likely N-dealkylation sites (tertiary alicyclic amines) is 1. The first-order chi connectivity index (χ1) is 7.90. The summed E-state index contributed by atoms with van der Waals surface area (Å²) in [7, 11) is 0. The van der Waals surface area contributed by atoms with Gasteiger partial charge in [0.15, 0.2) is 6.29 Å². The second-order valence-electron chi connectivity index (χ2n) is 4.51. The van der Waals surface area contributed by atoms with E-state index in [2.05, 4.69) is 4.90 Å². The molecule has 0 aliphatic carbocycles. The summed E-state index contributed by atoms with van der Waals surface area (Å²) < 4.78 is 16.6. The molecule has 0 spiro atoms. The molecule has 2 rings (SSSR count). The highest BCUT2D eigenvalue weighted by atomic mass is 16.7. The van der Waals surface area contributed by atoms with E-state index in [-0.39, 0.29) is 6.29 Å². The number of rotatable bonds is 5. The fourth-order valence-corrected chi connectivity index (χ4v) is 2.50. The van der Waals surface area contributed by atoms with Crippen molar-refractivity contribution in [3.05, 3.63) is 0 Å². The minimum Gasteiger partial charge on any atom is -0.380 e. The Kier molecular flexibility index (Phi) is 5.03. The summed E-state index contributed by atoms with van der Waals surface area (Å²) in [5, 5.41) is 0. The highest BCUT2D eigenvalue weighted by Crippen LogP contribution is 2.24. The lowest BCUT2D eigenvalue weighted by molar-refractivity contribution is -0.101. The number of ether oxygens (including phenoxy) is 3. The molecule has 0 radical (unpaired) electrons. The van der Waals surface area contributed by atoms with Crippen molar-refractivity contribution in [1.29, 1.82) is 0 Å². The quantitative estimate of drug-likeness (QED) is 0.661. The van der Waals surface area contributed by atoms with Gasteiger partial charge in [-0.25, -0.2) is 0 Å². The predicted molar refractivity (Wildman–Crippen MR) is 61.3 cm³/mol. The van der Waals surface area contributed by atoms with Crippen molar-refractivity contribution >= 4 is 0 Å². The molecule has 2 saturated heterocycles. The third kappa shape index (κ3) is 3.42. The van der Waals surface area contributed by atoms with E-state index in [9.17, 15) is 0 Å². The second kappa shape index (κ2) is 6.55. The van der Waals surface area contributed by atoms with E-state index in [1.807, 2.05) is 6.92 Å². The molecule has 0 saturated carbocycles. The second-order valence-corrected chi connectivity index (χ2v) is 4.51. The molecule has 0 unspecified atom stereocenters. The Morgan fingerprint density at radius 1 is 1.31 bits per heavy atom. The minimum absolute atomic E-state index is 0.0508. The van der Waals surface area contributed by atoms with Gasteiger partial charge in [-0.2, -0.15) is 0 Å². The normalized spacial score (nSPS) is 28.7. The molecule has 2 fully saturated rings. The van der Waals surface area contributed by atoms with Crippen LogP contribution in [0.4, 0.5) is 0 Å². The molecule has 1 atom stereocenters. The predicted octanol–water partition coefficient (Wildman–Crippen LogP) is 1.11. The number of nitrogens with zero attached hydrogens (tertiary/aromatic N) is 1. The van der Waals surface area contributed by atoms with E-state index >= 15 is 0 Å². The molecule has 16 heavy (non-hydrogen) atoms. The van der Waals surface area contributed by atoms with E-state index in [0.717, 1.165) is 39.5 Å². The summed E-state index contributed by atoms with van der Waals surface area (Å²) in [5.41, 5.74) is 0. The van der Waals surface area contributed by atoms with Crippen LogP contribution in [0.15, 0.2) is 0 Å². The average Bonchev–Trinajstić information content (AvgIpc) is 2.83. The van der Waals surface area contributed by atoms with Crippen molar-refractivity contribution in [3.63, 3.8) is 0 Å². The Balaban J connectivity index is 1.70. The molecule has 2 heterocycles. The van der Waals surface area contributed by atoms with Crippen LogP contribution in [0.25, 0.3) is 0 Å². The van der Waals surface area contributed by atoms with Gasteiger partial charge in [0.1, 0.15) is 0 Å². The summed E-state index contributed by atoms with van der Waals surface area (Å²) in [6.07, 6.45) is 2.53. The molecule has 0 aromatic carbocycles. The SMILES string of the molecule is CCOCCN1CCC[C@H](C2OCCO2)C1. The van der Waals surface area contributed by atoms with Crippen LogP contribution in [-0.4, -0.2) is 57.3 Å². The van der Waals surface area contributed by atoms with Crippen molar-refractivity contribution < 1.29 is 14.2 Å². The van der Waals surface area contributed by atoms with Gasteiger partial charge in [0.25, 0.3) is 0 Å². The molecule has 0 amide bonds. The first kappa shape index (κ1) is 12.3. The molecule has 4 heteroatoms. The third-order valence-electron chi connectivity index (χ3n) is 3.33. The van der Waals surface area contributed by atoms with Crippen molar-refractivity contribution in [2.75, 3.05) is 46.1 Å². The van der Waals surface area contributed by atoms with Crippen LogP contribution in [0.1, 0.15) is 19.8 Å². The summed E-state index contributed by atoms with van der Waals surface area (Å²) in [6, 6.07) is 0. The molecular weight excluding hydrogens is 206 g/mol. The van der Waals surface area contributed by atoms with E-state index in [0.29, 0.717) is 5.92 Å². The van der Waals surface area contributed by atoms with E-state index in [4.69, 9.17) is 14.2 Å². The van der Waals surface area contributed by atoms with Gasteiger partial charge in [-0.05, 0) is 26.3 Å². The van der Waals surface area contributed by atoms with E-state index in [1.54, 1.807) is 0 Å². The van der Waals surface area contributed by atoms with Crippen molar-refractivity contribution in [2.45, 2.75) is 26.1 Å². The highest BCUT2D eigenvalue weighted by Gasteiger charge is 2.30. The molecule has 94 valence electrons. The molecule has 2 aliphatic rings. The van der Waals surface area contributed by atoms with E-state index < -0.39 is 0 Å². The van der Waals surface area contributed by atoms with E-state index in [1.165, 1.54) is 19.4 Å². The molecule has 0 aromatic heterocycles. The Labute approximate surface area is 97.8 Å². The van der Waals surface area contributed by atoms with Gasteiger partial charge in [0.05, 0.1) is 19.8 Å². The Morgan fingerprint density at radius 3 is 2.88 bits per heavy atom. The Morgan fingerprint density at radius 2 is 2.12 bits per heavy atom. The first-order valence-electron chi connectivity index (χ1n) is 6.43. The van der Waals surface area contributed by atoms with Crippen LogP contribution in [0.5, 0.6) is 0 Å². The fraction of sp³-hybridized carbons (Fsp3) is 1.00. The summed E-state index contributed by atoms with van der Waals surface area (Å²) in [5.74, 6) is 0.554. The van der Waals surface area contributed by atoms with Crippen LogP contribution in [0, 0.1) is 5.92 Å². The zero-order valence-corrected chi connectivity index (χ0v) is 10.2. The lowest BCUT2D eigenvalue weighted by Crippen LogP contribution is -2.42. The summed E-state index contributed by atoms with van der Waals surface area (Å²) in [6.45, 7) is 8.55. The van der Waals surface area contributed by atoms with Crippen LogP contribution in [0.2, 0.25) is 0 Å². The maximum absolute atomic E-state index is 5.59. The molecule has 0 aromatic rings. The van der Waals surface area contributed by atoms with Crippen LogP contribution in [-0.2, 0) is 14.2 Å². The first-order valence-corrected chi connectivity index (χ1v) is 6.43. The number of hydrogen-bond donors (Lipinski definition) is 0. The molecule has 0 N–H and O–H groups in total. The average molecular weight is 229 g/mol. The minimum atomic E-state index is 0.0508. The molecule has 2 aliphatic heterocycles. The van der Waals surface area contributed by atoms with Gasteiger partial charge in [0.2, 0.25) is 0 Å². The summed E-state index contributed by atoms with van der Waals surface area (Å²) >= 11 is 0. The van der Waals surface area contributed by atoms with Crippen molar-refractivity contribution in [2.24, 2.45) is 5.92 Å². The van der Waals surface area contributed by atoms with Crippen molar-refractivity contribution in [1.82, 2.24) is 4.90 Å². The zero-order valence-electron chi connectivity index (χ0n) is 10.2. The number of piperidine rings is 1. The molecule has 4 nitrogen and oxygen atoms in total. The zero-order chi connectivity index (χ0) is 11.2. The van der Waals surface area contributed by atoms with Gasteiger partial charge < -0.3 is 19.1 Å². The fourth-order valence-electron chi connectivity index (χ4n) is 2.50. The molecule has 0 bridgehead atoms. The largest absolute Gasteiger partial charge is 0.380 e. The van der Waals surface area contributed by atoms with Gasteiger partial charge in [-0.15, -0.1) is 0 Å².